The first-order valence-electron chi connectivity index (χ1n) is 10.2. The molecule has 0 radical (unpaired) electrons. The van der Waals surface area contributed by atoms with Crippen LogP contribution in [-0.2, 0) is 7.05 Å². The summed E-state index contributed by atoms with van der Waals surface area (Å²) in [6.45, 7) is 1.42. The average Bonchev–Trinajstić information content (AvgIpc) is 2.78. The van der Waals surface area contributed by atoms with E-state index in [4.69, 9.17) is 4.42 Å². The maximum Gasteiger partial charge on any atom is 0.349 e. The predicted octanol–water partition coefficient (Wildman–Crippen LogP) is 1.77. The van der Waals surface area contributed by atoms with Crippen LogP contribution in [0.15, 0.2) is 62.7 Å². The average molecular weight is 421 g/mol. The van der Waals surface area contributed by atoms with Crippen molar-refractivity contribution in [1.82, 2.24) is 14.8 Å². The molecule has 0 aliphatic carbocycles. The molecule has 31 heavy (non-hydrogen) atoms. The molecular formula is C23H23N3O5. The van der Waals surface area contributed by atoms with Gasteiger partial charge in [-0.05, 0) is 43.0 Å². The van der Waals surface area contributed by atoms with Gasteiger partial charge in [-0.1, -0.05) is 18.2 Å². The third-order valence-corrected chi connectivity index (χ3v) is 5.69. The molecule has 0 bridgehead atoms. The molecule has 0 saturated carbocycles. The Morgan fingerprint density at radius 1 is 1.06 bits per heavy atom. The smallest absolute Gasteiger partial charge is 0.349 e. The summed E-state index contributed by atoms with van der Waals surface area (Å²) in [5.41, 5.74) is -0.391. The van der Waals surface area contributed by atoms with Gasteiger partial charge in [0.15, 0.2) is 0 Å². The van der Waals surface area contributed by atoms with E-state index < -0.39 is 11.5 Å². The Morgan fingerprint density at radius 3 is 2.58 bits per heavy atom. The fourth-order valence-corrected chi connectivity index (χ4v) is 3.82. The molecule has 2 amide bonds. The van der Waals surface area contributed by atoms with Crippen LogP contribution in [0.1, 0.15) is 33.6 Å². The van der Waals surface area contributed by atoms with Crippen molar-refractivity contribution in [2.75, 3.05) is 19.6 Å². The summed E-state index contributed by atoms with van der Waals surface area (Å²) in [4.78, 5) is 51.2. The fraction of sp³-hybridized carbons (Fsp3) is 0.304. The van der Waals surface area contributed by atoms with Crippen molar-refractivity contribution in [2.45, 2.75) is 12.8 Å². The normalized spacial score (nSPS) is 14.5. The van der Waals surface area contributed by atoms with E-state index in [-0.39, 0.29) is 28.5 Å². The van der Waals surface area contributed by atoms with Crippen molar-refractivity contribution in [3.63, 3.8) is 0 Å². The molecule has 2 aromatic heterocycles. The summed E-state index contributed by atoms with van der Waals surface area (Å²) in [7, 11) is 1.62. The molecule has 1 fully saturated rings. The number of nitrogens with one attached hydrogen (secondary N) is 1. The molecule has 3 heterocycles. The number of benzene rings is 1. The van der Waals surface area contributed by atoms with Gasteiger partial charge in [-0.15, -0.1) is 0 Å². The summed E-state index contributed by atoms with van der Waals surface area (Å²) in [6.07, 6.45) is 3.02. The van der Waals surface area contributed by atoms with Gasteiger partial charge in [-0.2, -0.15) is 0 Å². The first-order chi connectivity index (χ1) is 14.9. The number of hydrogen-bond acceptors (Lipinski definition) is 5. The monoisotopic (exact) mass is 421 g/mol. The van der Waals surface area contributed by atoms with Crippen molar-refractivity contribution in [2.24, 2.45) is 13.0 Å². The molecule has 160 valence electrons. The summed E-state index contributed by atoms with van der Waals surface area (Å²) in [5.74, 6) is -0.553. The number of hydrogen-bond donors (Lipinski definition) is 1. The number of likely N-dealkylation sites (tertiary alicyclic amines) is 1. The van der Waals surface area contributed by atoms with Gasteiger partial charge < -0.3 is 19.2 Å². The molecular weight excluding hydrogens is 398 g/mol. The third-order valence-electron chi connectivity index (χ3n) is 5.69. The number of amides is 2. The number of fused-ring (bicyclic) bond motifs is 1. The molecule has 1 N–H and O–H groups in total. The van der Waals surface area contributed by atoms with Crippen LogP contribution >= 0.6 is 0 Å². The lowest BCUT2D eigenvalue weighted by Crippen LogP contribution is -2.43. The molecule has 1 aliphatic heterocycles. The molecule has 0 unspecified atom stereocenters. The van der Waals surface area contributed by atoms with Crippen LogP contribution in [0.2, 0.25) is 0 Å². The van der Waals surface area contributed by atoms with Crippen molar-refractivity contribution >= 4 is 22.8 Å². The molecule has 8 heteroatoms. The second kappa shape index (κ2) is 8.59. The summed E-state index contributed by atoms with van der Waals surface area (Å²) >= 11 is 0. The largest absolute Gasteiger partial charge is 0.422 e. The van der Waals surface area contributed by atoms with Gasteiger partial charge in [0.25, 0.3) is 17.4 Å². The molecule has 4 rings (SSSR count). The number of carbonyl (C=O) groups is 2. The molecule has 3 aromatic rings. The number of piperidine rings is 1. The van der Waals surface area contributed by atoms with E-state index in [2.05, 4.69) is 5.32 Å². The summed E-state index contributed by atoms with van der Waals surface area (Å²) in [6, 6.07) is 11.8. The predicted molar refractivity (Wildman–Crippen MR) is 115 cm³/mol. The first kappa shape index (κ1) is 20.6. The standard InChI is InChI=1S/C23H23N3O5/c1-25-10-4-6-17(21(25)28)22(29)26-11-8-15(9-12-26)14-24-20(27)18-13-16-5-2-3-7-19(16)31-23(18)30/h2-7,10,13,15H,8-9,11-12,14H2,1H3,(H,24,27). The zero-order chi connectivity index (χ0) is 22.0. The van der Waals surface area contributed by atoms with Crippen LogP contribution in [0.3, 0.4) is 0 Å². The molecule has 1 aliphatic rings. The second-order valence-corrected chi connectivity index (χ2v) is 7.77. The summed E-state index contributed by atoms with van der Waals surface area (Å²) < 4.78 is 6.61. The van der Waals surface area contributed by atoms with Crippen molar-refractivity contribution in [1.29, 1.82) is 0 Å². The Balaban J connectivity index is 1.34. The number of rotatable bonds is 4. The Morgan fingerprint density at radius 2 is 1.81 bits per heavy atom. The molecule has 1 aromatic carbocycles. The highest BCUT2D eigenvalue weighted by molar-refractivity contribution is 5.96. The topological polar surface area (TPSA) is 102 Å². The lowest BCUT2D eigenvalue weighted by atomic mass is 9.96. The maximum absolute atomic E-state index is 12.7. The molecule has 0 atom stereocenters. The lowest BCUT2D eigenvalue weighted by molar-refractivity contribution is 0.0682. The van der Waals surface area contributed by atoms with E-state index in [0.29, 0.717) is 43.4 Å². The van der Waals surface area contributed by atoms with Gasteiger partial charge in [-0.25, -0.2) is 4.79 Å². The Bertz CT molecular complexity index is 1250. The highest BCUT2D eigenvalue weighted by Crippen LogP contribution is 2.18. The molecule has 8 nitrogen and oxygen atoms in total. The van der Waals surface area contributed by atoms with E-state index in [1.165, 1.54) is 10.6 Å². The van der Waals surface area contributed by atoms with Crippen LogP contribution in [0.4, 0.5) is 0 Å². The van der Waals surface area contributed by atoms with Crippen LogP contribution in [0.5, 0.6) is 0 Å². The minimum atomic E-state index is -0.666. The zero-order valence-electron chi connectivity index (χ0n) is 17.2. The van der Waals surface area contributed by atoms with Gasteiger partial charge in [0, 0.05) is 38.3 Å². The third kappa shape index (κ3) is 4.28. The highest BCUT2D eigenvalue weighted by Gasteiger charge is 2.26. The Hall–Kier alpha value is -3.68. The van der Waals surface area contributed by atoms with Crippen molar-refractivity contribution in [3.05, 3.63) is 80.6 Å². The van der Waals surface area contributed by atoms with Crippen molar-refractivity contribution in [3.8, 4) is 0 Å². The Kier molecular flexibility index (Phi) is 5.70. The molecule has 1 saturated heterocycles. The lowest BCUT2D eigenvalue weighted by Gasteiger charge is -2.32. The number of pyridine rings is 1. The van der Waals surface area contributed by atoms with E-state index in [1.54, 1.807) is 48.5 Å². The number of aryl methyl sites for hydroxylation is 1. The highest BCUT2D eigenvalue weighted by atomic mass is 16.4. The van der Waals surface area contributed by atoms with E-state index in [9.17, 15) is 19.2 Å². The first-order valence-corrected chi connectivity index (χ1v) is 10.2. The summed E-state index contributed by atoms with van der Waals surface area (Å²) in [5, 5.41) is 3.50. The SMILES string of the molecule is Cn1cccc(C(=O)N2CCC(CNC(=O)c3cc4ccccc4oc3=O)CC2)c1=O. The fourth-order valence-electron chi connectivity index (χ4n) is 3.82. The second-order valence-electron chi connectivity index (χ2n) is 7.77. The van der Waals surface area contributed by atoms with Crippen LogP contribution in [0, 0.1) is 5.92 Å². The van der Waals surface area contributed by atoms with E-state index in [1.807, 2.05) is 6.07 Å². The van der Waals surface area contributed by atoms with Crippen LogP contribution in [0.25, 0.3) is 11.0 Å². The zero-order valence-corrected chi connectivity index (χ0v) is 17.2. The van der Waals surface area contributed by atoms with Crippen LogP contribution in [-0.4, -0.2) is 40.9 Å². The van der Waals surface area contributed by atoms with Gasteiger partial charge in [-0.3, -0.25) is 14.4 Å². The van der Waals surface area contributed by atoms with Gasteiger partial charge in [0.2, 0.25) is 0 Å². The minimum Gasteiger partial charge on any atom is -0.422 e. The minimum absolute atomic E-state index is 0.0220. The number of nitrogens with zero attached hydrogens (tertiary/aromatic N) is 2. The van der Waals surface area contributed by atoms with Gasteiger partial charge in [0.05, 0.1) is 0 Å². The number of para-hydroxylation sites is 1. The Labute approximate surface area is 178 Å². The molecule has 0 spiro atoms. The quantitative estimate of drug-likeness (QED) is 0.647. The number of carbonyl (C=O) groups excluding carboxylic acids is 2. The van der Waals surface area contributed by atoms with Gasteiger partial charge in [0.1, 0.15) is 16.7 Å². The number of aromatic nitrogens is 1. The van der Waals surface area contributed by atoms with Gasteiger partial charge >= 0.3 is 5.63 Å². The maximum atomic E-state index is 12.7. The van der Waals surface area contributed by atoms with Crippen LogP contribution < -0.4 is 16.5 Å². The van der Waals surface area contributed by atoms with E-state index >= 15 is 0 Å². The van der Waals surface area contributed by atoms with Crippen molar-refractivity contribution < 1.29 is 14.0 Å². The van der Waals surface area contributed by atoms with E-state index in [0.717, 1.165) is 0 Å².